The molecule has 0 bridgehead atoms. The molecular weight excluding hydrogens is 452 g/mol. The third-order valence-electron chi connectivity index (χ3n) is 5.25. The summed E-state index contributed by atoms with van der Waals surface area (Å²) in [4.78, 5) is 1.20. The van der Waals surface area contributed by atoms with Gasteiger partial charge < -0.3 is 14.2 Å². The quantitative estimate of drug-likeness (QED) is 0.485. The number of benzene rings is 2. The van der Waals surface area contributed by atoms with Crippen LogP contribution >= 0.6 is 27.3 Å². The van der Waals surface area contributed by atoms with Crippen molar-refractivity contribution in [1.29, 1.82) is 0 Å². The Hall–Kier alpha value is -2.51. The van der Waals surface area contributed by atoms with E-state index in [0.29, 0.717) is 11.5 Å². The Kier molecular flexibility index (Phi) is 4.72. The molecule has 0 saturated carbocycles. The molecule has 29 heavy (non-hydrogen) atoms. The van der Waals surface area contributed by atoms with E-state index in [1.54, 1.807) is 25.6 Å². The smallest absolute Gasteiger partial charge is 0.214 e. The molecule has 2 aliphatic heterocycles. The molecule has 2 atom stereocenters. The fraction of sp³-hybridized carbons (Fsp3) is 0.227. The highest BCUT2D eigenvalue weighted by atomic mass is 79.9. The summed E-state index contributed by atoms with van der Waals surface area (Å²) in [5.41, 5.74) is 3.20. The van der Waals surface area contributed by atoms with Crippen LogP contribution in [0.4, 0.5) is 0 Å². The minimum Gasteiger partial charge on any atom is -0.493 e. The number of methoxy groups -OCH3 is 2. The fourth-order valence-electron chi connectivity index (χ4n) is 3.88. The summed E-state index contributed by atoms with van der Waals surface area (Å²) >= 11 is 5.31. The van der Waals surface area contributed by atoms with Crippen molar-refractivity contribution in [2.24, 2.45) is 5.10 Å². The van der Waals surface area contributed by atoms with Crippen LogP contribution in [0.1, 0.15) is 34.7 Å². The number of fused-ring (bicyclic) bond motifs is 3. The number of ether oxygens (including phenoxy) is 3. The van der Waals surface area contributed by atoms with E-state index in [4.69, 9.17) is 19.3 Å². The lowest BCUT2D eigenvalue weighted by Crippen LogP contribution is -2.33. The van der Waals surface area contributed by atoms with E-state index in [2.05, 4.69) is 44.5 Å². The largest absolute Gasteiger partial charge is 0.493 e. The van der Waals surface area contributed by atoms with Crippen LogP contribution in [0.25, 0.3) is 0 Å². The van der Waals surface area contributed by atoms with Crippen molar-refractivity contribution in [3.05, 3.63) is 74.4 Å². The van der Waals surface area contributed by atoms with Gasteiger partial charge in [0, 0.05) is 22.0 Å². The van der Waals surface area contributed by atoms with E-state index in [-0.39, 0.29) is 12.3 Å². The van der Waals surface area contributed by atoms with Gasteiger partial charge in [0.2, 0.25) is 6.23 Å². The number of hydrogen-bond acceptors (Lipinski definition) is 6. The summed E-state index contributed by atoms with van der Waals surface area (Å²) in [6, 6.07) is 16.3. The topological polar surface area (TPSA) is 43.3 Å². The molecule has 0 amide bonds. The second-order valence-corrected chi connectivity index (χ2v) is 8.75. The number of thiophene rings is 1. The Morgan fingerprint density at radius 3 is 2.72 bits per heavy atom. The minimum absolute atomic E-state index is 0.117. The van der Waals surface area contributed by atoms with Gasteiger partial charge in [-0.2, -0.15) is 5.10 Å². The predicted molar refractivity (Wildman–Crippen MR) is 117 cm³/mol. The zero-order valence-corrected chi connectivity index (χ0v) is 18.4. The Balaban J connectivity index is 1.60. The van der Waals surface area contributed by atoms with Gasteiger partial charge in [0.25, 0.3) is 0 Å². The lowest BCUT2D eigenvalue weighted by molar-refractivity contribution is -0.0192. The van der Waals surface area contributed by atoms with Crippen molar-refractivity contribution in [2.45, 2.75) is 18.7 Å². The van der Waals surface area contributed by atoms with Crippen molar-refractivity contribution in [1.82, 2.24) is 5.01 Å². The molecule has 1 aromatic heterocycles. The first-order valence-electron chi connectivity index (χ1n) is 9.25. The molecule has 0 aliphatic carbocycles. The normalized spacial score (nSPS) is 19.8. The molecule has 5 rings (SSSR count). The van der Waals surface area contributed by atoms with E-state index in [0.717, 1.165) is 33.5 Å². The number of halogens is 1. The highest BCUT2D eigenvalue weighted by Gasteiger charge is 2.41. The Bertz CT molecular complexity index is 1080. The number of nitrogens with zero attached hydrogens (tertiary/aromatic N) is 2. The van der Waals surface area contributed by atoms with Gasteiger partial charge in [-0.3, -0.25) is 0 Å². The monoisotopic (exact) mass is 470 g/mol. The van der Waals surface area contributed by atoms with E-state index < -0.39 is 0 Å². The molecule has 0 N–H and O–H groups in total. The molecule has 0 radical (unpaired) electrons. The molecule has 0 unspecified atom stereocenters. The maximum atomic E-state index is 6.43. The molecule has 7 heteroatoms. The summed E-state index contributed by atoms with van der Waals surface area (Å²) < 4.78 is 18.4. The number of hydrogen-bond donors (Lipinski definition) is 0. The summed E-state index contributed by atoms with van der Waals surface area (Å²) in [6.07, 6.45) is 0.503. The Morgan fingerprint density at radius 1 is 1.10 bits per heavy atom. The second kappa shape index (κ2) is 7.39. The zero-order valence-electron chi connectivity index (χ0n) is 16.0. The summed E-state index contributed by atoms with van der Waals surface area (Å²) in [5.74, 6) is 2.25. The molecule has 3 heterocycles. The van der Waals surface area contributed by atoms with Gasteiger partial charge in [0.1, 0.15) is 5.75 Å². The van der Waals surface area contributed by atoms with Gasteiger partial charge in [-0.1, -0.05) is 22.0 Å². The third-order valence-corrected chi connectivity index (χ3v) is 6.66. The van der Waals surface area contributed by atoms with Gasteiger partial charge in [-0.05, 0) is 47.8 Å². The molecule has 148 valence electrons. The number of rotatable bonds is 4. The summed E-state index contributed by atoms with van der Waals surface area (Å²) in [7, 11) is 3.28. The van der Waals surface area contributed by atoms with Crippen molar-refractivity contribution in [3.8, 4) is 17.2 Å². The first-order valence-corrected chi connectivity index (χ1v) is 10.9. The van der Waals surface area contributed by atoms with Crippen LogP contribution in [0.5, 0.6) is 17.2 Å². The summed E-state index contributed by atoms with van der Waals surface area (Å²) in [5, 5.41) is 9.14. The van der Waals surface area contributed by atoms with E-state index in [9.17, 15) is 0 Å². The van der Waals surface area contributed by atoms with Crippen LogP contribution < -0.4 is 14.2 Å². The van der Waals surface area contributed by atoms with Crippen LogP contribution in [0.15, 0.2) is 63.5 Å². The molecule has 2 aliphatic rings. The van der Waals surface area contributed by atoms with Crippen molar-refractivity contribution in [3.63, 3.8) is 0 Å². The SMILES string of the molecule is COc1ccc([C@H]2Oc3ccc(Br)cc3[C@H]3CC(c4cccs4)=NN32)cc1OC. The molecule has 0 fully saturated rings. The standard InChI is InChI=1S/C22H19BrN2O3S/c1-26-19-7-5-13(10-20(19)27-2)22-25-17(12-16(24-25)21-4-3-9-29-21)15-11-14(23)6-8-18(15)28-22/h3-11,17,22H,12H2,1-2H3/t17-,22-/m1/s1. The Labute approximate surface area is 181 Å². The van der Waals surface area contributed by atoms with Crippen molar-refractivity contribution < 1.29 is 14.2 Å². The fourth-order valence-corrected chi connectivity index (χ4v) is 4.98. The molecular formula is C22H19BrN2O3S. The maximum absolute atomic E-state index is 6.43. The zero-order chi connectivity index (χ0) is 20.0. The summed E-state index contributed by atoms with van der Waals surface area (Å²) in [6.45, 7) is 0. The van der Waals surface area contributed by atoms with Crippen molar-refractivity contribution in [2.75, 3.05) is 14.2 Å². The molecule has 0 spiro atoms. The van der Waals surface area contributed by atoms with Crippen LogP contribution in [-0.2, 0) is 0 Å². The molecule has 3 aromatic rings. The highest BCUT2D eigenvalue weighted by molar-refractivity contribution is 9.10. The van der Waals surface area contributed by atoms with Crippen LogP contribution in [0.2, 0.25) is 0 Å². The third kappa shape index (κ3) is 3.18. The van der Waals surface area contributed by atoms with Crippen LogP contribution in [0.3, 0.4) is 0 Å². The lowest BCUT2D eigenvalue weighted by atomic mass is 9.97. The first kappa shape index (κ1) is 18.5. The second-order valence-electron chi connectivity index (χ2n) is 6.89. The molecule has 2 aromatic carbocycles. The maximum Gasteiger partial charge on any atom is 0.214 e. The van der Waals surface area contributed by atoms with Gasteiger partial charge in [0.05, 0.1) is 30.9 Å². The van der Waals surface area contributed by atoms with E-state index in [1.807, 2.05) is 30.3 Å². The minimum atomic E-state index is -0.342. The molecule has 0 saturated heterocycles. The average Bonchev–Trinajstić information content (AvgIpc) is 3.42. The van der Waals surface area contributed by atoms with Crippen molar-refractivity contribution >= 4 is 33.0 Å². The first-order chi connectivity index (χ1) is 14.2. The average molecular weight is 471 g/mol. The Morgan fingerprint density at radius 2 is 1.97 bits per heavy atom. The lowest BCUT2D eigenvalue weighted by Gasteiger charge is -2.38. The molecule has 5 nitrogen and oxygen atoms in total. The van der Waals surface area contributed by atoms with Gasteiger partial charge in [-0.15, -0.1) is 11.3 Å². The van der Waals surface area contributed by atoms with Crippen LogP contribution in [-0.4, -0.2) is 24.9 Å². The van der Waals surface area contributed by atoms with Gasteiger partial charge >= 0.3 is 0 Å². The number of hydrazone groups is 1. The van der Waals surface area contributed by atoms with Crippen LogP contribution in [0, 0.1) is 0 Å². The van der Waals surface area contributed by atoms with Gasteiger partial charge in [0.15, 0.2) is 11.5 Å². The van der Waals surface area contributed by atoms with Gasteiger partial charge in [-0.25, -0.2) is 5.01 Å². The highest BCUT2D eigenvalue weighted by Crippen LogP contribution is 2.49. The van der Waals surface area contributed by atoms with E-state index in [1.165, 1.54) is 4.88 Å². The van der Waals surface area contributed by atoms with E-state index >= 15 is 0 Å². The predicted octanol–water partition coefficient (Wildman–Crippen LogP) is 5.77.